The Morgan fingerprint density at radius 2 is 1.96 bits per heavy atom. The smallest absolute Gasteiger partial charge is 0.128 e. The van der Waals surface area contributed by atoms with E-state index in [0.29, 0.717) is 0 Å². The second-order valence-electron chi connectivity index (χ2n) is 6.02. The highest BCUT2D eigenvalue weighted by molar-refractivity contribution is 5.75. The number of rotatable bonds is 3. The highest BCUT2D eigenvalue weighted by Gasteiger charge is 2.15. The number of hydrogen-bond donors (Lipinski definition) is 1. The molecule has 2 aromatic heterocycles. The minimum Gasteiger partial charge on any atom is -0.496 e. The van der Waals surface area contributed by atoms with E-state index in [0.717, 1.165) is 17.0 Å². The minimum absolute atomic E-state index is 0.851. The van der Waals surface area contributed by atoms with Crippen molar-refractivity contribution in [2.45, 2.75) is 25.7 Å². The molecule has 0 amide bonds. The van der Waals surface area contributed by atoms with E-state index in [-0.39, 0.29) is 0 Å². The Kier molecular flexibility index (Phi) is 3.62. The molecule has 3 heteroatoms. The van der Waals surface area contributed by atoms with Crippen LogP contribution in [0.4, 0.5) is 0 Å². The van der Waals surface area contributed by atoms with E-state index in [1.165, 1.54) is 48.2 Å². The topological polar surface area (TPSA) is 37.9 Å². The average Bonchev–Trinajstić information content (AvgIpc) is 3.06. The van der Waals surface area contributed by atoms with Gasteiger partial charge >= 0.3 is 0 Å². The summed E-state index contributed by atoms with van der Waals surface area (Å²) in [7, 11) is 1.70. The van der Waals surface area contributed by atoms with Crippen molar-refractivity contribution < 1.29 is 4.74 Å². The van der Waals surface area contributed by atoms with Gasteiger partial charge in [-0.2, -0.15) is 0 Å². The van der Waals surface area contributed by atoms with Crippen LogP contribution in [0.5, 0.6) is 5.75 Å². The third kappa shape index (κ3) is 2.63. The first-order valence-electron chi connectivity index (χ1n) is 8.16. The van der Waals surface area contributed by atoms with Crippen molar-refractivity contribution in [1.29, 1.82) is 0 Å². The molecule has 3 nitrogen and oxygen atoms in total. The predicted octanol–water partition coefficient (Wildman–Crippen LogP) is 4.63. The number of aromatic nitrogens is 2. The van der Waals surface area contributed by atoms with Crippen LogP contribution in [-0.2, 0) is 12.8 Å². The molecule has 116 valence electrons. The van der Waals surface area contributed by atoms with E-state index in [2.05, 4.69) is 28.2 Å². The van der Waals surface area contributed by atoms with Gasteiger partial charge in [-0.15, -0.1) is 0 Å². The maximum absolute atomic E-state index is 5.52. The van der Waals surface area contributed by atoms with Crippen molar-refractivity contribution in [3.63, 3.8) is 0 Å². The number of aromatic amines is 1. The zero-order chi connectivity index (χ0) is 15.6. The van der Waals surface area contributed by atoms with Crippen LogP contribution in [0.1, 0.15) is 24.1 Å². The fraction of sp³-hybridized carbons (Fsp3) is 0.250. The van der Waals surface area contributed by atoms with E-state index >= 15 is 0 Å². The first kappa shape index (κ1) is 14.1. The molecule has 4 rings (SSSR count). The number of methoxy groups -OCH3 is 1. The predicted molar refractivity (Wildman–Crippen MR) is 92.7 cm³/mol. The van der Waals surface area contributed by atoms with Crippen LogP contribution < -0.4 is 4.74 Å². The van der Waals surface area contributed by atoms with Gasteiger partial charge in [-0.1, -0.05) is 6.07 Å². The van der Waals surface area contributed by atoms with Crippen LogP contribution in [0.3, 0.4) is 0 Å². The number of benzene rings is 1. The standard InChI is InChI=1S/C20H20N2O/c1-23-20-10-9-15(12-16(20)18-8-4-5-11-21-18)19-13-14-6-2-3-7-17(14)22-19/h4-5,8-13,22H,2-3,6-7H2,1H3. The van der Waals surface area contributed by atoms with Crippen molar-refractivity contribution in [3.8, 4) is 28.3 Å². The highest BCUT2D eigenvalue weighted by atomic mass is 16.5. The van der Waals surface area contributed by atoms with E-state index in [1.54, 1.807) is 7.11 Å². The van der Waals surface area contributed by atoms with Crippen molar-refractivity contribution in [1.82, 2.24) is 9.97 Å². The number of hydrogen-bond acceptors (Lipinski definition) is 2. The second kappa shape index (κ2) is 5.92. The maximum atomic E-state index is 5.52. The highest BCUT2D eigenvalue weighted by Crippen LogP contribution is 2.34. The molecule has 0 bridgehead atoms. The fourth-order valence-corrected chi connectivity index (χ4v) is 3.36. The molecule has 0 saturated carbocycles. The molecular formula is C20H20N2O. The zero-order valence-electron chi connectivity index (χ0n) is 13.3. The average molecular weight is 304 g/mol. The summed E-state index contributed by atoms with van der Waals surface area (Å²) in [4.78, 5) is 8.07. The van der Waals surface area contributed by atoms with Gasteiger partial charge in [0.05, 0.1) is 12.8 Å². The van der Waals surface area contributed by atoms with Gasteiger partial charge in [0, 0.05) is 23.1 Å². The molecule has 0 fully saturated rings. The first-order chi connectivity index (χ1) is 11.3. The molecule has 0 atom stereocenters. The third-order valence-electron chi connectivity index (χ3n) is 4.57. The maximum Gasteiger partial charge on any atom is 0.128 e. The van der Waals surface area contributed by atoms with Crippen molar-refractivity contribution in [2.75, 3.05) is 7.11 Å². The van der Waals surface area contributed by atoms with Crippen molar-refractivity contribution in [3.05, 3.63) is 59.9 Å². The fourth-order valence-electron chi connectivity index (χ4n) is 3.36. The zero-order valence-corrected chi connectivity index (χ0v) is 13.3. The number of fused-ring (bicyclic) bond motifs is 1. The monoisotopic (exact) mass is 304 g/mol. The van der Waals surface area contributed by atoms with Gasteiger partial charge in [0.25, 0.3) is 0 Å². The molecule has 0 saturated heterocycles. The summed E-state index contributed by atoms with van der Waals surface area (Å²) in [6.45, 7) is 0. The van der Waals surface area contributed by atoms with Gasteiger partial charge in [-0.25, -0.2) is 0 Å². The molecule has 2 heterocycles. The van der Waals surface area contributed by atoms with Gasteiger partial charge in [-0.05, 0) is 73.2 Å². The lowest BCUT2D eigenvalue weighted by molar-refractivity contribution is 0.416. The third-order valence-corrected chi connectivity index (χ3v) is 4.57. The number of nitrogens with zero attached hydrogens (tertiary/aromatic N) is 1. The quantitative estimate of drug-likeness (QED) is 0.766. The minimum atomic E-state index is 0.851. The van der Waals surface area contributed by atoms with Gasteiger partial charge < -0.3 is 9.72 Å². The van der Waals surface area contributed by atoms with E-state index in [4.69, 9.17) is 4.74 Å². The van der Waals surface area contributed by atoms with Crippen LogP contribution in [0.2, 0.25) is 0 Å². The number of pyridine rings is 1. The molecule has 3 aromatic rings. The SMILES string of the molecule is COc1ccc(-c2cc3c([nH]2)CCCC3)cc1-c1ccccn1. The number of nitrogens with one attached hydrogen (secondary N) is 1. The molecule has 1 aliphatic carbocycles. The summed E-state index contributed by atoms with van der Waals surface area (Å²) in [5.74, 6) is 0.851. The Hall–Kier alpha value is -2.55. The van der Waals surface area contributed by atoms with E-state index in [1.807, 2.05) is 30.5 Å². The molecule has 1 N–H and O–H groups in total. The Bertz CT molecular complexity index is 797. The summed E-state index contributed by atoms with van der Waals surface area (Å²) in [5.41, 5.74) is 7.21. The molecular weight excluding hydrogens is 284 g/mol. The van der Waals surface area contributed by atoms with Crippen molar-refractivity contribution >= 4 is 0 Å². The van der Waals surface area contributed by atoms with Gasteiger partial charge in [0.1, 0.15) is 5.75 Å². The summed E-state index contributed by atoms with van der Waals surface area (Å²) < 4.78 is 5.52. The van der Waals surface area contributed by atoms with Crippen LogP contribution in [0, 0.1) is 0 Å². The lowest BCUT2D eigenvalue weighted by Crippen LogP contribution is -1.99. The molecule has 23 heavy (non-hydrogen) atoms. The van der Waals surface area contributed by atoms with Crippen molar-refractivity contribution in [2.24, 2.45) is 0 Å². The van der Waals surface area contributed by atoms with Crippen LogP contribution in [0.15, 0.2) is 48.7 Å². The Morgan fingerprint density at radius 3 is 2.74 bits per heavy atom. The van der Waals surface area contributed by atoms with Gasteiger partial charge in [0.15, 0.2) is 0 Å². The first-order valence-corrected chi connectivity index (χ1v) is 8.16. The van der Waals surface area contributed by atoms with Crippen LogP contribution in [0.25, 0.3) is 22.5 Å². The Morgan fingerprint density at radius 1 is 1.04 bits per heavy atom. The Labute approximate surface area is 136 Å². The summed E-state index contributed by atoms with van der Waals surface area (Å²) in [6.07, 6.45) is 6.75. The number of H-pyrrole nitrogens is 1. The largest absolute Gasteiger partial charge is 0.496 e. The Balaban J connectivity index is 1.79. The summed E-state index contributed by atoms with van der Waals surface area (Å²) in [5, 5.41) is 0. The summed E-state index contributed by atoms with van der Waals surface area (Å²) >= 11 is 0. The molecule has 0 radical (unpaired) electrons. The van der Waals surface area contributed by atoms with E-state index < -0.39 is 0 Å². The van der Waals surface area contributed by atoms with E-state index in [9.17, 15) is 0 Å². The molecule has 0 spiro atoms. The number of aryl methyl sites for hydroxylation is 2. The van der Waals surface area contributed by atoms with Crippen LogP contribution >= 0.6 is 0 Å². The van der Waals surface area contributed by atoms with Gasteiger partial charge in [0.2, 0.25) is 0 Å². The molecule has 0 aliphatic heterocycles. The normalized spacial score (nSPS) is 13.6. The van der Waals surface area contributed by atoms with Crippen LogP contribution in [-0.4, -0.2) is 17.1 Å². The lowest BCUT2D eigenvalue weighted by Gasteiger charge is -2.10. The summed E-state index contributed by atoms with van der Waals surface area (Å²) in [6, 6.07) is 14.6. The lowest BCUT2D eigenvalue weighted by atomic mass is 9.98. The molecule has 0 unspecified atom stereocenters. The molecule has 1 aromatic carbocycles. The van der Waals surface area contributed by atoms with Gasteiger partial charge in [-0.3, -0.25) is 4.98 Å². The molecule has 1 aliphatic rings. The second-order valence-corrected chi connectivity index (χ2v) is 6.02. The number of ether oxygens (including phenoxy) is 1.